The SMILES string of the molecule is COCCNC(=O)C(C)Oc1ccccc1CC(=O)O. The van der Waals surface area contributed by atoms with E-state index in [-0.39, 0.29) is 12.3 Å². The van der Waals surface area contributed by atoms with Crippen molar-refractivity contribution in [3.05, 3.63) is 29.8 Å². The van der Waals surface area contributed by atoms with Crippen LogP contribution < -0.4 is 10.1 Å². The van der Waals surface area contributed by atoms with E-state index in [2.05, 4.69) is 5.32 Å². The average Bonchev–Trinajstić information content (AvgIpc) is 2.40. The molecule has 0 saturated carbocycles. The molecule has 0 fully saturated rings. The molecular weight excluding hydrogens is 262 g/mol. The van der Waals surface area contributed by atoms with Crippen LogP contribution in [-0.2, 0) is 20.7 Å². The largest absolute Gasteiger partial charge is 0.481 e. The summed E-state index contributed by atoms with van der Waals surface area (Å²) in [4.78, 5) is 22.5. The van der Waals surface area contributed by atoms with Crippen LogP contribution in [0.5, 0.6) is 5.75 Å². The molecule has 1 rings (SSSR count). The van der Waals surface area contributed by atoms with Crippen molar-refractivity contribution in [2.24, 2.45) is 0 Å². The summed E-state index contributed by atoms with van der Waals surface area (Å²) < 4.78 is 10.4. The Bertz CT molecular complexity index is 461. The standard InChI is InChI=1S/C14H19NO5/c1-10(14(18)15-7-8-19-2)20-12-6-4-3-5-11(12)9-13(16)17/h3-6,10H,7-9H2,1-2H3,(H,15,18)(H,16,17). The first-order valence-electron chi connectivity index (χ1n) is 6.27. The first kappa shape index (κ1) is 16.0. The van der Waals surface area contributed by atoms with Crippen LogP contribution in [0.25, 0.3) is 0 Å². The number of benzene rings is 1. The lowest BCUT2D eigenvalue weighted by molar-refractivity contribution is -0.136. The summed E-state index contributed by atoms with van der Waals surface area (Å²) >= 11 is 0. The van der Waals surface area contributed by atoms with Gasteiger partial charge in [0.25, 0.3) is 5.91 Å². The average molecular weight is 281 g/mol. The topological polar surface area (TPSA) is 84.9 Å². The van der Waals surface area contributed by atoms with Crippen molar-refractivity contribution in [1.29, 1.82) is 0 Å². The van der Waals surface area contributed by atoms with Crippen LogP contribution in [0.3, 0.4) is 0 Å². The number of carboxylic acids is 1. The lowest BCUT2D eigenvalue weighted by Crippen LogP contribution is -2.38. The predicted molar refractivity (Wildman–Crippen MR) is 72.8 cm³/mol. The normalized spacial score (nSPS) is 11.7. The van der Waals surface area contributed by atoms with Gasteiger partial charge in [-0.15, -0.1) is 0 Å². The molecule has 1 aromatic carbocycles. The maximum absolute atomic E-state index is 11.7. The number of ether oxygens (including phenoxy) is 2. The van der Waals surface area contributed by atoms with Crippen LogP contribution in [0.1, 0.15) is 12.5 Å². The van der Waals surface area contributed by atoms with Gasteiger partial charge in [0, 0.05) is 19.2 Å². The maximum atomic E-state index is 11.7. The van der Waals surface area contributed by atoms with E-state index in [0.29, 0.717) is 24.5 Å². The molecule has 1 atom stereocenters. The van der Waals surface area contributed by atoms with Crippen molar-refractivity contribution in [1.82, 2.24) is 5.32 Å². The Morgan fingerprint density at radius 1 is 1.35 bits per heavy atom. The number of hydrogen-bond acceptors (Lipinski definition) is 4. The Morgan fingerprint density at radius 2 is 2.05 bits per heavy atom. The van der Waals surface area contributed by atoms with E-state index < -0.39 is 12.1 Å². The fourth-order valence-corrected chi connectivity index (χ4v) is 1.59. The van der Waals surface area contributed by atoms with Crippen LogP contribution >= 0.6 is 0 Å². The van der Waals surface area contributed by atoms with Crippen LogP contribution in [0.15, 0.2) is 24.3 Å². The van der Waals surface area contributed by atoms with Gasteiger partial charge in [0.15, 0.2) is 6.10 Å². The molecule has 6 nitrogen and oxygen atoms in total. The minimum absolute atomic E-state index is 0.145. The molecule has 20 heavy (non-hydrogen) atoms. The van der Waals surface area contributed by atoms with Gasteiger partial charge < -0.3 is 19.9 Å². The monoisotopic (exact) mass is 281 g/mol. The van der Waals surface area contributed by atoms with Crippen molar-refractivity contribution >= 4 is 11.9 Å². The van der Waals surface area contributed by atoms with E-state index in [1.807, 2.05) is 0 Å². The van der Waals surface area contributed by atoms with E-state index in [1.54, 1.807) is 38.3 Å². The second-order valence-corrected chi connectivity index (χ2v) is 4.22. The third-order valence-corrected chi connectivity index (χ3v) is 2.59. The predicted octanol–water partition coefficient (Wildman–Crippen LogP) is 0.844. The van der Waals surface area contributed by atoms with Crippen molar-refractivity contribution in [2.75, 3.05) is 20.3 Å². The summed E-state index contributed by atoms with van der Waals surface area (Å²) in [6.45, 7) is 2.44. The summed E-state index contributed by atoms with van der Waals surface area (Å²) in [7, 11) is 1.55. The number of carboxylic acid groups (broad SMARTS) is 1. The highest BCUT2D eigenvalue weighted by Crippen LogP contribution is 2.20. The molecule has 1 aromatic rings. The molecule has 0 aliphatic carbocycles. The van der Waals surface area contributed by atoms with E-state index in [4.69, 9.17) is 14.6 Å². The molecular formula is C14H19NO5. The highest BCUT2D eigenvalue weighted by atomic mass is 16.5. The quantitative estimate of drug-likeness (QED) is 0.690. The van der Waals surface area contributed by atoms with Gasteiger partial charge in [-0.05, 0) is 13.0 Å². The zero-order valence-corrected chi connectivity index (χ0v) is 11.6. The van der Waals surface area contributed by atoms with E-state index in [1.165, 1.54) is 0 Å². The zero-order chi connectivity index (χ0) is 15.0. The third-order valence-electron chi connectivity index (χ3n) is 2.59. The molecule has 0 aliphatic heterocycles. The van der Waals surface area contributed by atoms with Crippen molar-refractivity contribution in [3.8, 4) is 5.75 Å². The number of aliphatic carboxylic acids is 1. The first-order chi connectivity index (χ1) is 9.54. The highest BCUT2D eigenvalue weighted by molar-refractivity contribution is 5.80. The van der Waals surface area contributed by atoms with E-state index in [0.717, 1.165) is 0 Å². The van der Waals surface area contributed by atoms with Gasteiger partial charge in [-0.3, -0.25) is 9.59 Å². The van der Waals surface area contributed by atoms with Gasteiger partial charge in [0.2, 0.25) is 0 Å². The molecule has 0 aromatic heterocycles. The van der Waals surface area contributed by atoms with Gasteiger partial charge in [0.1, 0.15) is 5.75 Å². The molecule has 0 spiro atoms. The maximum Gasteiger partial charge on any atom is 0.307 e. The van der Waals surface area contributed by atoms with E-state index in [9.17, 15) is 9.59 Å². The second kappa shape index (κ2) is 8.16. The molecule has 110 valence electrons. The number of carbonyl (C=O) groups is 2. The summed E-state index contributed by atoms with van der Waals surface area (Å²) in [5.74, 6) is -0.810. The van der Waals surface area contributed by atoms with Gasteiger partial charge in [0.05, 0.1) is 13.0 Å². The third kappa shape index (κ3) is 5.27. The fourth-order valence-electron chi connectivity index (χ4n) is 1.59. The zero-order valence-electron chi connectivity index (χ0n) is 11.6. The van der Waals surface area contributed by atoms with Gasteiger partial charge in [-0.25, -0.2) is 0 Å². The summed E-state index contributed by atoms with van der Waals surface area (Å²) in [5.41, 5.74) is 0.538. The Balaban J connectivity index is 2.63. The molecule has 0 saturated heterocycles. The van der Waals surface area contributed by atoms with Crippen LogP contribution in [0.2, 0.25) is 0 Å². The molecule has 6 heteroatoms. The second-order valence-electron chi connectivity index (χ2n) is 4.22. The van der Waals surface area contributed by atoms with Gasteiger partial charge in [-0.2, -0.15) is 0 Å². The van der Waals surface area contributed by atoms with Gasteiger partial charge in [-0.1, -0.05) is 18.2 Å². The number of amides is 1. The molecule has 1 amide bonds. The molecule has 0 heterocycles. The van der Waals surface area contributed by atoms with Crippen LogP contribution in [0, 0.1) is 0 Å². The lowest BCUT2D eigenvalue weighted by atomic mass is 10.1. The number of para-hydroxylation sites is 1. The summed E-state index contributed by atoms with van der Waals surface area (Å²) in [6, 6.07) is 6.78. The molecule has 0 aliphatic rings. The summed E-state index contributed by atoms with van der Waals surface area (Å²) in [6.07, 6.45) is -0.851. The number of hydrogen-bond donors (Lipinski definition) is 2. The molecule has 1 unspecified atom stereocenters. The smallest absolute Gasteiger partial charge is 0.307 e. The fraction of sp³-hybridized carbons (Fsp3) is 0.429. The Labute approximate surface area is 117 Å². The Kier molecular flexibility index (Phi) is 6.52. The Morgan fingerprint density at radius 3 is 2.70 bits per heavy atom. The minimum atomic E-state index is -0.946. The molecule has 0 radical (unpaired) electrons. The molecule has 2 N–H and O–H groups in total. The molecule has 0 bridgehead atoms. The van der Waals surface area contributed by atoms with Crippen LogP contribution in [0.4, 0.5) is 0 Å². The van der Waals surface area contributed by atoms with Crippen molar-refractivity contribution in [3.63, 3.8) is 0 Å². The number of carbonyl (C=O) groups excluding carboxylic acids is 1. The Hall–Kier alpha value is -2.08. The van der Waals surface area contributed by atoms with Gasteiger partial charge >= 0.3 is 5.97 Å². The highest BCUT2D eigenvalue weighted by Gasteiger charge is 2.16. The van der Waals surface area contributed by atoms with Crippen molar-refractivity contribution < 1.29 is 24.2 Å². The van der Waals surface area contributed by atoms with E-state index >= 15 is 0 Å². The number of methoxy groups -OCH3 is 1. The number of nitrogens with one attached hydrogen (secondary N) is 1. The van der Waals surface area contributed by atoms with Crippen LogP contribution in [-0.4, -0.2) is 43.3 Å². The lowest BCUT2D eigenvalue weighted by Gasteiger charge is -2.16. The van der Waals surface area contributed by atoms with Crippen molar-refractivity contribution in [2.45, 2.75) is 19.4 Å². The summed E-state index contributed by atoms with van der Waals surface area (Å²) in [5, 5.41) is 11.5. The number of rotatable bonds is 8. The first-order valence-corrected chi connectivity index (χ1v) is 6.27. The minimum Gasteiger partial charge on any atom is -0.481 e.